The van der Waals surface area contributed by atoms with E-state index in [1.807, 2.05) is 0 Å². The van der Waals surface area contributed by atoms with Crippen molar-refractivity contribution < 1.29 is 8.42 Å². The maximum Gasteiger partial charge on any atom is 0.250 e. The molecule has 3 nitrogen and oxygen atoms in total. The summed E-state index contributed by atoms with van der Waals surface area (Å²) in [5.74, 6) is 1.86. The maximum atomic E-state index is 12.0. The van der Waals surface area contributed by atoms with Crippen molar-refractivity contribution in [2.24, 2.45) is 0 Å². The molecule has 0 bridgehead atoms. The highest BCUT2D eigenvalue weighted by atomic mass is 79.9. The summed E-state index contributed by atoms with van der Waals surface area (Å²) < 4.78 is 27.5. The van der Waals surface area contributed by atoms with E-state index in [0.717, 1.165) is 29.3 Å². The molecular formula is C8H9BrClNO2S3. The van der Waals surface area contributed by atoms with Crippen molar-refractivity contribution in [2.45, 2.75) is 16.7 Å². The van der Waals surface area contributed by atoms with E-state index in [9.17, 15) is 8.42 Å². The Hall–Kier alpha value is 0.730. The van der Waals surface area contributed by atoms with Crippen LogP contribution in [0.2, 0.25) is 5.02 Å². The van der Waals surface area contributed by atoms with Gasteiger partial charge in [0.15, 0.2) is 0 Å². The minimum atomic E-state index is -3.40. The molecule has 16 heavy (non-hydrogen) atoms. The van der Waals surface area contributed by atoms with Crippen LogP contribution in [0.4, 0.5) is 0 Å². The van der Waals surface area contributed by atoms with Gasteiger partial charge in [0.1, 0.15) is 4.21 Å². The number of halogens is 2. The van der Waals surface area contributed by atoms with E-state index in [2.05, 4.69) is 20.7 Å². The van der Waals surface area contributed by atoms with E-state index in [0.29, 0.717) is 8.81 Å². The number of hydrogen-bond acceptors (Lipinski definition) is 4. The van der Waals surface area contributed by atoms with Crippen LogP contribution >= 0.6 is 50.6 Å². The normalized spacial score (nSPS) is 21.5. The molecule has 1 atom stereocenters. The van der Waals surface area contributed by atoms with E-state index in [1.165, 1.54) is 6.07 Å². The van der Waals surface area contributed by atoms with Crippen LogP contribution in [0.15, 0.2) is 14.1 Å². The molecular weight excluding hydrogens is 354 g/mol. The Morgan fingerprint density at radius 3 is 2.81 bits per heavy atom. The fourth-order valence-corrected chi connectivity index (χ4v) is 6.31. The first-order valence-electron chi connectivity index (χ1n) is 4.54. The zero-order valence-corrected chi connectivity index (χ0v) is 12.9. The first-order valence-corrected chi connectivity index (χ1v) is 9.16. The third kappa shape index (κ3) is 2.94. The van der Waals surface area contributed by atoms with Crippen molar-refractivity contribution in [2.75, 3.05) is 11.5 Å². The van der Waals surface area contributed by atoms with Gasteiger partial charge in [-0.3, -0.25) is 0 Å². The molecule has 0 amide bonds. The second kappa shape index (κ2) is 5.16. The second-order valence-electron chi connectivity index (χ2n) is 3.37. The molecule has 1 aromatic rings. The van der Waals surface area contributed by atoms with Gasteiger partial charge in [0.25, 0.3) is 0 Å². The summed E-state index contributed by atoms with van der Waals surface area (Å²) in [5.41, 5.74) is 0. The standard InChI is InChI=1S/C8H9BrClNO2S3/c9-8-6(10)3-7(15-8)16(12,13)11-5-1-2-14-4-5/h3,5,11H,1-2,4H2. The molecule has 0 aromatic carbocycles. The van der Waals surface area contributed by atoms with Gasteiger partial charge in [0, 0.05) is 11.8 Å². The molecule has 8 heteroatoms. The van der Waals surface area contributed by atoms with Gasteiger partial charge >= 0.3 is 0 Å². The lowest BCUT2D eigenvalue weighted by atomic mass is 10.3. The van der Waals surface area contributed by atoms with Crippen molar-refractivity contribution in [1.29, 1.82) is 0 Å². The summed E-state index contributed by atoms with van der Waals surface area (Å²) in [7, 11) is -3.40. The summed E-state index contributed by atoms with van der Waals surface area (Å²) in [5, 5.41) is 0.436. The van der Waals surface area contributed by atoms with Gasteiger partial charge in [-0.15, -0.1) is 11.3 Å². The molecule has 1 N–H and O–H groups in total. The van der Waals surface area contributed by atoms with Crippen LogP contribution < -0.4 is 4.72 Å². The predicted octanol–water partition coefficient (Wildman–Crippen LogP) is 2.95. The molecule has 0 aliphatic carbocycles. The van der Waals surface area contributed by atoms with Crippen molar-refractivity contribution in [3.63, 3.8) is 0 Å². The average molecular weight is 363 g/mol. The van der Waals surface area contributed by atoms with Gasteiger partial charge in [-0.2, -0.15) is 11.8 Å². The Morgan fingerprint density at radius 2 is 2.31 bits per heavy atom. The molecule has 0 saturated carbocycles. The summed E-state index contributed by atoms with van der Waals surface area (Å²) in [6.45, 7) is 0. The minimum Gasteiger partial charge on any atom is -0.207 e. The lowest BCUT2D eigenvalue weighted by Gasteiger charge is -2.09. The molecule has 1 aliphatic rings. The van der Waals surface area contributed by atoms with Gasteiger partial charge in [-0.25, -0.2) is 13.1 Å². The highest BCUT2D eigenvalue weighted by Gasteiger charge is 2.25. The van der Waals surface area contributed by atoms with E-state index in [-0.39, 0.29) is 10.3 Å². The number of thioether (sulfide) groups is 1. The van der Waals surface area contributed by atoms with Gasteiger partial charge in [0.2, 0.25) is 10.0 Å². The monoisotopic (exact) mass is 361 g/mol. The SMILES string of the molecule is O=S(=O)(NC1CCSC1)c1cc(Cl)c(Br)s1. The first-order chi connectivity index (χ1) is 7.49. The Kier molecular flexibility index (Phi) is 4.24. The quantitative estimate of drug-likeness (QED) is 0.899. The van der Waals surface area contributed by atoms with Crippen LogP contribution in [0, 0.1) is 0 Å². The van der Waals surface area contributed by atoms with Crippen LogP contribution in [-0.4, -0.2) is 26.0 Å². The lowest BCUT2D eigenvalue weighted by Crippen LogP contribution is -2.34. The Labute approximate surface area is 116 Å². The Balaban J connectivity index is 2.18. The van der Waals surface area contributed by atoms with Gasteiger partial charge < -0.3 is 0 Å². The van der Waals surface area contributed by atoms with E-state index in [1.54, 1.807) is 11.8 Å². The summed E-state index contributed by atoms with van der Waals surface area (Å²) in [6, 6.07) is 1.52. The van der Waals surface area contributed by atoms with E-state index < -0.39 is 10.0 Å². The third-order valence-corrected chi connectivity index (χ3v) is 7.77. The number of sulfonamides is 1. The smallest absolute Gasteiger partial charge is 0.207 e. The average Bonchev–Trinajstić information content (AvgIpc) is 2.78. The van der Waals surface area contributed by atoms with Crippen molar-refractivity contribution >= 4 is 60.7 Å². The van der Waals surface area contributed by atoms with Crippen LogP contribution in [0.25, 0.3) is 0 Å². The topological polar surface area (TPSA) is 46.2 Å². The molecule has 1 aromatic heterocycles. The van der Waals surface area contributed by atoms with Crippen LogP contribution in [0.5, 0.6) is 0 Å². The zero-order chi connectivity index (χ0) is 11.8. The fraction of sp³-hybridized carbons (Fsp3) is 0.500. The van der Waals surface area contributed by atoms with Crippen LogP contribution in [0.1, 0.15) is 6.42 Å². The number of hydrogen-bond donors (Lipinski definition) is 1. The van der Waals surface area contributed by atoms with Crippen molar-refractivity contribution in [3.8, 4) is 0 Å². The van der Waals surface area contributed by atoms with E-state index in [4.69, 9.17) is 11.6 Å². The summed E-state index contributed by atoms with van der Waals surface area (Å²) in [6.07, 6.45) is 0.893. The third-order valence-electron chi connectivity index (χ3n) is 2.14. The number of thiophene rings is 1. The van der Waals surface area contributed by atoms with Gasteiger partial charge in [0.05, 0.1) is 8.81 Å². The first kappa shape index (κ1) is 13.2. The highest BCUT2D eigenvalue weighted by Crippen LogP contribution is 2.34. The molecule has 1 unspecified atom stereocenters. The molecule has 1 fully saturated rings. The molecule has 0 spiro atoms. The van der Waals surface area contributed by atoms with Crippen molar-refractivity contribution in [3.05, 3.63) is 14.9 Å². The maximum absolute atomic E-state index is 12.0. The van der Waals surface area contributed by atoms with Crippen LogP contribution in [0.3, 0.4) is 0 Å². The fourth-order valence-electron chi connectivity index (χ4n) is 1.36. The second-order valence-corrected chi connectivity index (χ2v) is 9.24. The number of nitrogens with one attached hydrogen (secondary N) is 1. The zero-order valence-electron chi connectivity index (χ0n) is 8.07. The lowest BCUT2D eigenvalue weighted by molar-refractivity contribution is 0.565. The number of rotatable bonds is 3. The minimum absolute atomic E-state index is 0.0506. The molecule has 90 valence electrons. The predicted molar refractivity (Wildman–Crippen MR) is 73.1 cm³/mol. The molecule has 2 heterocycles. The molecule has 1 saturated heterocycles. The highest BCUT2D eigenvalue weighted by molar-refractivity contribution is 9.11. The molecule has 2 rings (SSSR count). The van der Waals surface area contributed by atoms with Crippen LogP contribution in [-0.2, 0) is 10.0 Å². The molecule has 0 radical (unpaired) electrons. The summed E-state index contributed by atoms with van der Waals surface area (Å²) in [4.78, 5) is 0. The van der Waals surface area contributed by atoms with Gasteiger partial charge in [-0.05, 0) is 34.2 Å². The summed E-state index contributed by atoms with van der Waals surface area (Å²) >= 11 is 11.9. The van der Waals surface area contributed by atoms with Gasteiger partial charge in [-0.1, -0.05) is 11.6 Å². The molecule has 1 aliphatic heterocycles. The van der Waals surface area contributed by atoms with Crippen molar-refractivity contribution in [1.82, 2.24) is 4.72 Å². The van der Waals surface area contributed by atoms with E-state index >= 15 is 0 Å². The Morgan fingerprint density at radius 1 is 1.56 bits per heavy atom. The Bertz CT molecular complexity index is 462. The largest absolute Gasteiger partial charge is 0.250 e.